The Morgan fingerprint density at radius 1 is 1.71 bits per heavy atom. The minimum atomic E-state index is -0.744. The van der Waals surface area contributed by atoms with Gasteiger partial charge in [0.25, 0.3) is 0 Å². The maximum atomic E-state index is 11.3. The number of thiazole rings is 1. The standard InChI is InChI=1S/C9H14N2O2S/c1-3-7-11-6(5-14-7)8(10)9(12)13-4-2/h5,8H,3-4,10H2,1-2H3. The number of carbonyl (C=O) groups is 1. The molecule has 0 amide bonds. The van der Waals surface area contributed by atoms with Crippen molar-refractivity contribution in [2.75, 3.05) is 6.61 Å². The number of nitrogens with zero attached hydrogens (tertiary/aromatic N) is 1. The van der Waals surface area contributed by atoms with Gasteiger partial charge in [-0.3, -0.25) is 0 Å². The fraction of sp³-hybridized carbons (Fsp3) is 0.556. The summed E-state index contributed by atoms with van der Waals surface area (Å²) in [4.78, 5) is 15.5. The van der Waals surface area contributed by atoms with Crippen molar-refractivity contribution in [1.82, 2.24) is 4.98 Å². The lowest BCUT2D eigenvalue weighted by Crippen LogP contribution is -2.24. The Bertz CT molecular complexity index is 312. The maximum Gasteiger partial charge on any atom is 0.329 e. The lowest BCUT2D eigenvalue weighted by molar-refractivity contribution is -0.144. The monoisotopic (exact) mass is 214 g/mol. The molecule has 0 aromatic carbocycles. The minimum Gasteiger partial charge on any atom is -0.465 e. The molecule has 0 aliphatic heterocycles. The molecule has 14 heavy (non-hydrogen) atoms. The quantitative estimate of drug-likeness (QED) is 0.766. The Morgan fingerprint density at radius 3 is 2.93 bits per heavy atom. The topological polar surface area (TPSA) is 65.2 Å². The van der Waals surface area contributed by atoms with Crippen LogP contribution in [0.3, 0.4) is 0 Å². The van der Waals surface area contributed by atoms with Gasteiger partial charge >= 0.3 is 5.97 Å². The predicted octanol–water partition coefficient (Wildman–Crippen LogP) is 1.27. The van der Waals surface area contributed by atoms with Gasteiger partial charge in [-0.1, -0.05) is 6.92 Å². The van der Waals surface area contributed by atoms with Crippen molar-refractivity contribution in [2.24, 2.45) is 5.73 Å². The Labute approximate surface area is 87.1 Å². The molecule has 0 bridgehead atoms. The highest BCUT2D eigenvalue weighted by Crippen LogP contribution is 2.16. The summed E-state index contributed by atoms with van der Waals surface area (Å²) < 4.78 is 4.80. The molecule has 0 radical (unpaired) electrons. The van der Waals surface area contributed by atoms with Crippen molar-refractivity contribution in [3.63, 3.8) is 0 Å². The number of esters is 1. The summed E-state index contributed by atoms with van der Waals surface area (Å²) in [6.07, 6.45) is 0.861. The summed E-state index contributed by atoms with van der Waals surface area (Å²) in [6.45, 7) is 4.11. The molecule has 5 heteroatoms. The summed E-state index contributed by atoms with van der Waals surface area (Å²) in [5.74, 6) is -0.416. The van der Waals surface area contributed by atoms with Crippen LogP contribution in [0, 0.1) is 0 Å². The van der Waals surface area contributed by atoms with Crippen molar-refractivity contribution in [3.8, 4) is 0 Å². The van der Waals surface area contributed by atoms with E-state index in [0.717, 1.165) is 11.4 Å². The average molecular weight is 214 g/mol. The molecule has 0 aliphatic rings. The van der Waals surface area contributed by atoms with Crippen molar-refractivity contribution < 1.29 is 9.53 Å². The van der Waals surface area contributed by atoms with Crippen LogP contribution in [0.5, 0.6) is 0 Å². The van der Waals surface area contributed by atoms with Gasteiger partial charge in [-0.05, 0) is 13.3 Å². The van der Waals surface area contributed by atoms with Crippen molar-refractivity contribution in [3.05, 3.63) is 16.1 Å². The van der Waals surface area contributed by atoms with Crippen LogP contribution in [-0.4, -0.2) is 17.6 Å². The fourth-order valence-electron chi connectivity index (χ4n) is 0.983. The van der Waals surface area contributed by atoms with E-state index in [4.69, 9.17) is 10.5 Å². The van der Waals surface area contributed by atoms with Crippen LogP contribution < -0.4 is 5.73 Å². The van der Waals surface area contributed by atoms with E-state index in [-0.39, 0.29) is 0 Å². The lowest BCUT2D eigenvalue weighted by atomic mass is 10.2. The zero-order valence-electron chi connectivity index (χ0n) is 8.32. The molecule has 1 atom stereocenters. The lowest BCUT2D eigenvalue weighted by Gasteiger charge is -2.06. The van der Waals surface area contributed by atoms with E-state index in [1.807, 2.05) is 6.92 Å². The van der Waals surface area contributed by atoms with Crippen LogP contribution in [0.15, 0.2) is 5.38 Å². The third-order valence-corrected chi connectivity index (χ3v) is 2.74. The SMILES string of the molecule is CCOC(=O)C(N)c1csc(CC)n1. The molecule has 1 heterocycles. The van der Waals surface area contributed by atoms with Crippen LogP contribution in [0.2, 0.25) is 0 Å². The molecule has 0 aliphatic carbocycles. The second-order valence-electron chi connectivity index (χ2n) is 2.75. The third kappa shape index (κ3) is 2.52. The third-order valence-electron chi connectivity index (χ3n) is 1.73. The summed E-state index contributed by atoms with van der Waals surface area (Å²) in [6, 6.07) is -0.744. The van der Waals surface area contributed by atoms with Gasteiger partial charge in [0, 0.05) is 5.38 Å². The number of aromatic nitrogens is 1. The highest BCUT2D eigenvalue weighted by molar-refractivity contribution is 7.09. The van der Waals surface area contributed by atoms with E-state index in [1.54, 1.807) is 12.3 Å². The van der Waals surface area contributed by atoms with Gasteiger partial charge in [0.05, 0.1) is 17.3 Å². The van der Waals surface area contributed by atoms with E-state index in [2.05, 4.69) is 4.98 Å². The van der Waals surface area contributed by atoms with E-state index in [0.29, 0.717) is 12.3 Å². The largest absolute Gasteiger partial charge is 0.465 e. The van der Waals surface area contributed by atoms with Crippen LogP contribution in [0.1, 0.15) is 30.6 Å². The molecule has 1 unspecified atom stereocenters. The molecule has 0 saturated carbocycles. The fourth-order valence-corrected chi connectivity index (χ4v) is 1.76. The molecule has 2 N–H and O–H groups in total. The molecule has 1 aromatic heterocycles. The average Bonchev–Trinajstić information content (AvgIpc) is 2.65. The predicted molar refractivity (Wildman–Crippen MR) is 55.1 cm³/mol. The molecular weight excluding hydrogens is 200 g/mol. The number of hydrogen-bond acceptors (Lipinski definition) is 5. The second-order valence-corrected chi connectivity index (χ2v) is 3.69. The molecule has 0 saturated heterocycles. The van der Waals surface area contributed by atoms with Gasteiger partial charge < -0.3 is 10.5 Å². The minimum absolute atomic E-state index is 0.345. The Morgan fingerprint density at radius 2 is 2.43 bits per heavy atom. The zero-order chi connectivity index (χ0) is 10.6. The van der Waals surface area contributed by atoms with Crippen LogP contribution in [0.25, 0.3) is 0 Å². The van der Waals surface area contributed by atoms with E-state index in [9.17, 15) is 4.79 Å². The van der Waals surface area contributed by atoms with Gasteiger partial charge in [0.15, 0.2) is 0 Å². The number of carbonyl (C=O) groups excluding carboxylic acids is 1. The number of aryl methyl sites for hydroxylation is 1. The molecule has 0 spiro atoms. The molecule has 0 fully saturated rings. The summed E-state index contributed by atoms with van der Waals surface area (Å²) in [5.41, 5.74) is 6.26. The smallest absolute Gasteiger partial charge is 0.329 e. The molecular formula is C9H14N2O2S. The molecule has 4 nitrogen and oxygen atoms in total. The number of ether oxygens (including phenoxy) is 1. The van der Waals surface area contributed by atoms with E-state index >= 15 is 0 Å². The first kappa shape index (κ1) is 11.1. The zero-order valence-corrected chi connectivity index (χ0v) is 9.13. The van der Waals surface area contributed by atoms with Gasteiger partial charge in [0.2, 0.25) is 0 Å². The first-order valence-corrected chi connectivity index (χ1v) is 5.43. The van der Waals surface area contributed by atoms with Gasteiger partial charge in [0.1, 0.15) is 6.04 Å². The van der Waals surface area contributed by atoms with Crippen LogP contribution in [-0.2, 0) is 16.0 Å². The summed E-state index contributed by atoms with van der Waals surface area (Å²) in [7, 11) is 0. The first-order valence-electron chi connectivity index (χ1n) is 4.55. The van der Waals surface area contributed by atoms with E-state index < -0.39 is 12.0 Å². The number of hydrogen-bond donors (Lipinski definition) is 1. The highest BCUT2D eigenvalue weighted by atomic mass is 32.1. The van der Waals surface area contributed by atoms with Crippen LogP contribution >= 0.6 is 11.3 Å². The molecule has 1 aromatic rings. The number of nitrogens with two attached hydrogens (primary N) is 1. The molecule has 1 rings (SSSR count). The van der Waals surface area contributed by atoms with Gasteiger partial charge in [-0.2, -0.15) is 0 Å². The molecule has 78 valence electrons. The van der Waals surface area contributed by atoms with Crippen molar-refractivity contribution >= 4 is 17.3 Å². The highest BCUT2D eigenvalue weighted by Gasteiger charge is 2.19. The Balaban J connectivity index is 2.68. The van der Waals surface area contributed by atoms with Crippen LogP contribution in [0.4, 0.5) is 0 Å². The first-order chi connectivity index (χ1) is 6.69. The normalized spacial score (nSPS) is 12.5. The number of rotatable bonds is 4. The summed E-state index contributed by atoms with van der Waals surface area (Å²) in [5, 5.41) is 2.79. The summed E-state index contributed by atoms with van der Waals surface area (Å²) >= 11 is 1.51. The Hall–Kier alpha value is -0.940. The van der Waals surface area contributed by atoms with Crippen molar-refractivity contribution in [1.29, 1.82) is 0 Å². The maximum absolute atomic E-state index is 11.3. The van der Waals surface area contributed by atoms with Crippen molar-refractivity contribution in [2.45, 2.75) is 26.3 Å². The second kappa shape index (κ2) is 5.07. The Kier molecular flexibility index (Phi) is 4.03. The van der Waals surface area contributed by atoms with Gasteiger partial charge in [-0.15, -0.1) is 11.3 Å². The van der Waals surface area contributed by atoms with E-state index in [1.165, 1.54) is 11.3 Å². The van der Waals surface area contributed by atoms with Gasteiger partial charge in [-0.25, -0.2) is 9.78 Å².